The van der Waals surface area contributed by atoms with E-state index in [2.05, 4.69) is 4.74 Å². The van der Waals surface area contributed by atoms with Gasteiger partial charge in [0.2, 0.25) is 0 Å². The van der Waals surface area contributed by atoms with Crippen molar-refractivity contribution in [2.45, 2.75) is 6.54 Å². The Morgan fingerprint density at radius 2 is 1.86 bits per heavy atom. The highest BCUT2D eigenvalue weighted by molar-refractivity contribution is 5.89. The van der Waals surface area contributed by atoms with Crippen molar-refractivity contribution in [2.24, 2.45) is 5.73 Å². The average molecular weight is 197 g/mol. The van der Waals surface area contributed by atoms with E-state index in [9.17, 15) is 4.79 Å². The normalized spacial score (nSPS) is 8.57. The van der Waals surface area contributed by atoms with Crippen LogP contribution in [0.4, 0.5) is 0 Å². The Labute approximate surface area is 83.3 Å². The van der Waals surface area contributed by atoms with E-state index < -0.39 is 0 Å². The van der Waals surface area contributed by atoms with Crippen LogP contribution in [-0.2, 0) is 11.3 Å². The zero-order valence-electron chi connectivity index (χ0n) is 8.36. The van der Waals surface area contributed by atoms with E-state index in [1.54, 1.807) is 12.1 Å². The summed E-state index contributed by atoms with van der Waals surface area (Å²) in [5.41, 5.74) is 6.95. The van der Waals surface area contributed by atoms with Crippen molar-refractivity contribution in [2.75, 3.05) is 14.2 Å². The quantitative estimate of drug-likeness (QED) is 0.679. The maximum Gasteiger partial charge on any atom is 0.337 e. The van der Waals surface area contributed by atoms with Crippen molar-refractivity contribution in [1.29, 1.82) is 0 Å². The molecular weight excluding hydrogens is 182 g/mol. The van der Waals surface area contributed by atoms with E-state index >= 15 is 0 Å². The molecule has 1 aromatic rings. The molecule has 0 aromatic heterocycles. The van der Waals surface area contributed by atoms with Crippen LogP contribution in [0, 0.1) is 0 Å². The lowest BCUT2D eigenvalue weighted by molar-refractivity contribution is 0.0600. The highest BCUT2D eigenvalue weighted by Gasteiger charge is 2.02. The molecule has 0 saturated heterocycles. The Hall–Kier alpha value is -1.39. The van der Waals surface area contributed by atoms with Crippen molar-refractivity contribution >= 4 is 5.97 Å². The van der Waals surface area contributed by atoms with Gasteiger partial charge in [-0.15, -0.1) is 0 Å². The number of methoxy groups -OCH3 is 1. The third kappa shape index (κ3) is 3.55. The Morgan fingerprint density at radius 1 is 1.36 bits per heavy atom. The van der Waals surface area contributed by atoms with Gasteiger partial charge in [-0.3, -0.25) is 0 Å². The van der Waals surface area contributed by atoms with Gasteiger partial charge in [0.1, 0.15) is 0 Å². The van der Waals surface area contributed by atoms with Gasteiger partial charge in [0, 0.05) is 13.7 Å². The summed E-state index contributed by atoms with van der Waals surface area (Å²) in [6.45, 7) is 0.488. The maximum absolute atomic E-state index is 11.0. The van der Waals surface area contributed by atoms with Crippen LogP contribution in [0.2, 0.25) is 0 Å². The molecule has 3 N–H and O–H groups in total. The standard InChI is InChI=1S/C9H11NO2.CH4O/c1-12-9(11)8-4-2-7(6-10)3-5-8;1-2/h2-5H,6,10H2,1H3;2H,1H3. The molecule has 4 heteroatoms. The molecule has 0 fully saturated rings. The lowest BCUT2D eigenvalue weighted by Gasteiger charge is -1.99. The SMILES string of the molecule is CO.COC(=O)c1ccc(CN)cc1. The highest BCUT2D eigenvalue weighted by Crippen LogP contribution is 2.04. The van der Waals surface area contributed by atoms with Crippen molar-refractivity contribution < 1.29 is 14.6 Å². The number of aliphatic hydroxyl groups is 1. The minimum Gasteiger partial charge on any atom is -0.465 e. The Balaban J connectivity index is 0.000000791. The fraction of sp³-hybridized carbons (Fsp3) is 0.300. The number of carbonyl (C=O) groups excluding carboxylic acids is 1. The molecule has 0 aliphatic carbocycles. The summed E-state index contributed by atoms with van der Waals surface area (Å²) >= 11 is 0. The number of carbonyl (C=O) groups is 1. The summed E-state index contributed by atoms with van der Waals surface area (Å²) in [4.78, 5) is 11.0. The molecule has 0 heterocycles. The Kier molecular flexibility index (Phi) is 6.36. The van der Waals surface area contributed by atoms with Crippen LogP contribution in [0.1, 0.15) is 15.9 Å². The number of ether oxygens (including phenoxy) is 1. The summed E-state index contributed by atoms with van der Waals surface area (Å²) in [5, 5.41) is 7.00. The topological polar surface area (TPSA) is 72.5 Å². The Bertz CT molecular complexity index is 269. The molecular formula is C10H15NO3. The van der Waals surface area contributed by atoms with Gasteiger partial charge < -0.3 is 15.6 Å². The molecule has 0 aliphatic rings. The molecule has 1 rings (SSSR count). The lowest BCUT2D eigenvalue weighted by Crippen LogP contribution is -2.02. The summed E-state index contributed by atoms with van der Waals surface area (Å²) in [6, 6.07) is 7.03. The van der Waals surface area contributed by atoms with Crippen molar-refractivity contribution in [3.8, 4) is 0 Å². The van der Waals surface area contributed by atoms with Gasteiger partial charge in [-0.2, -0.15) is 0 Å². The van der Waals surface area contributed by atoms with Crippen LogP contribution in [0.3, 0.4) is 0 Å². The summed E-state index contributed by atoms with van der Waals surface area (Å²) in [7, 11) is 2.36. The zero-order chi connectivity index (χ0) is 11.0. The largest absolute Gasteiger partial charge is 0.465 e. The molecule has 0 aliphatic heterocycles. The second-order valence-corrected chi connectivity index (χ2v) is 2.39. The fourth-order valence-electron chi connectivity index (χ4n) is 0.895. The first-order valence-corrected chi connectivity index (χ1v) is 4.10. The molecule has 0 amide bonds. The van der Waals surface area contributed by atoms with Gasteiger partial charge >= 0.3 is 5.97 Å². The second-order valence-electron chi connectivity index (χ2n) is 2.39. The fourth-order valence-corrected chi connectivity index (χ4v) is 0.895. The summed E-state index contributed by atoms with van der Waals surface area (Å²) < 4.78 is 4.54. The van der Waals surface area contributed by atoms with Gasteiger partial charge in [-0.05, 0) is 17.7 Å². The van der Waals surface area contributed by atoms with Crippen LogP contribution >= 0.6 is 0 Å². The van der Waals surface area contributed by atoms with Crippen molar-refractivity contribution in [3.63, 3.8) is 0 Å². The van der Waals surface area contributed by atoms with Crippen LogP contribution in [0.15, 0.2) is 24.3 Å². The Morgan fingerprint density at radius 3 is 2.21 bits per heavy atom. The number of benzene rings is 1. The molecule has 4 nitrogen and oxygen atoms in total. The van der Waals surface area contributed by atoms with Crippen LogP contribution < -0.4 is 5.73 Å². The third-order valence-corrected chi connectivity index (χ3v) is 1.61. The summed E-state index contributed by atoms with van der Waals surface area (Å²) in [6.07, 6.45) is 0. The highest BCUT2D eigenvalue weighted by atomic mass is 16.5. The van der Waals surface area contributed by atoms with E-state index in [4.69, 9.17) is 10.8 Å². The van der Waals surface area contributed by atoms with Gasteiger partial charge in [0.15, 0.2) is 0 Å². The second kappa shape index (κ2) is 7.06. The predicted molar refractivity (Wildman–Crippen MR) is 53.8 cm³/mol. The average Bonchev–Trinajstić information content (AvgIpc) is 2.31. The van der Waals surface area contributed by atoms with E-state index in [1.165, 1.54) is 7.11 Å². The first-order valence-electron chi connectivity index (χ1n) is 4.10. The van der Waals surface area contributed by atoms with Gasteiger partial charge in [0.25, 0.3) is 0 Å². The molecule has 0 unspecified atom stereocenters. The monoisotopic (exact) mass is 197 g/mol. The number of esters is 1. The van der Waals surface area contributed by atoms with Gasteiger partial charge in [-0.1, -0.05) is 12.1 Å². The molecule has 0 bridgehead atoms. The van der Waals surface area contributed by atoms with Crippen LogP contribution in [-0.4, -0.2) is 25.3 Å². The third-order valence-electron chi connectivity index (χ3n) is 1.61. The number of aliphatic hydroxyl groups excluding tert-OH is 1. The van der Waals surface area contributed by atoms with Crippen LogP contribution in [0.5, 0.6) is 0 Å². The molecule has 78 valence electrons. The van der Waals surface area contributed by atoms with Gasteiger partial charge in [-0.25, -0.2) is 4.79 Å². The van der Waals surface area contributed by atoms with Crippen molar-refractivity contribution in [1.82, 2.24) is 0 Å². The predicted octanol–water partition coefficient (Wildman–Crippen LogP) is 0.540. The van der Waals surface area contributed by atoms with E-state index in [1.807, 2.05) is 12.1 Å². The minimum absolute atomic E-state index is 0.321. The smallest absolute Gasteiger partial charge is 0.337 e. The number of hydrogen-bond acceptors (Lipinski definition) is 4. The van der Waals surface area contributed by atoms with Crippen LogP contribution in [0.25, 0.3) is 0 Å². The van der Waals surface area contributed by atoms with E-state index in [0.717, 1.165) is 12.7 Å². The van der Waals surface area contributed by atoms with Crippen molar-refractivity contribution in [3.05, 3.63) is 35.4 Å². The molecule has 14 heavy (non-hydrogen) atoms. The number of hydrogen-bond donors (Lipinski definition) is 2. The maximum atomic E-state index is 11.0. The molecule has 1 aromatic carbocycles. The molecule has 0 spiro atoms. The lowest BCUT2D eigenvalue weighted by atomic mass is 10.1. The zero-order valence-corrected chi connectivity index (χ0v) is 8.36. The molecule has 0 atom stereocenters. The molecule has 0 saturated carbocycles. The number of rotatable bonds is 2. The first kappa shape index (κ1) is 12.6. The van der Waals surface area contributed by atoms with E-state index in [0.29, 0.717) is 12.1 Å². The van der Waals surface area contributed by atoms with E-state index in [-0.39, 0.29) is 5.97 Å². The first-order chi connectivity index (χ1) is 6.77. The minimum atomic E-state index is -0.321. The number of nitrogens with two attached hydrogens (primary N) is 1. The van der Waals surface area contributed by atoms with Gasteiger partial charge in [0.05, 0.1) is 12.7 Å². The summed E-state index contributed by atoms with van der Waals surface area (Å²) in [5.74, 6) is -0.321. The molecule has 0 radical (unpaired) electrons.